The van der Waals surface area contributed by atoms with Crippen molar-refractivity contribution in [3.63, 3.8) is 0 Å². The van der Waals surface area contributed by atoms with Gasteiger partial charge in [-0.1, -0.05) is 6.58 Å². The number of hydrogen-bond acceptors (Lipinski definition) is 2. The molecule has 0 aliphatic rings. The third-order valence-corrected chi connectivity index (χ3v) is 1.41. The molecule has 1 aromatic carbocycles. The zero-order chi connectivity index (χ0) is 9.68. The molecule has 3 heteroatoms. The summed E-state index contributed by atoms with van der Waals surface area (Å²) < 4.78 is 17.1. The van der Waals surface area contributed by atoms with E-state index in [-0.39, 0.29) is 6.61 Å². The fourth-order valence-corrected chi connectivity index (χ4v) is 0.804. The first-order chi connectivity index (χ1) is 6.22. The number of aldehydes is 1. The maximum absolute atomic E-state index is 12.2. The predicted molar refractivity (Wildman–Crippen MR) is 47.6 cm³/mol. The van der Waals surface area contributed by atoms with Gasteiger partial charge in [-0.2, -0.15) is 0 Å². The zero-order valence-corrected chi connectivity index (χ0v) is 7.00. The molecular formula is C10H9FO2. The van der Waals surface area contributed by atoms with Crippen molar-refractivity contribution in [1.29, 1.82) is 0 Å². The second-order valence-corrected chi connectivity index (χ2v) is 2.49. The van der Waals surface area contributed by atoms with Gasteiger partial charge in [0, 0.05) is 5.56 Å². The van der Waals surface area contributed by atoms with Gasteiger partial charge in [-0.15, -0.1) is 0 Å². The Kier molecular flexibility index (Phi) is 3.20. The van der Waals surface area contributed by atoms with Crippen molar-refractivity contribution in [2.24, 2.45) is 0 Å². The molecule has 68 valence electrons. The summed E-state index contributed by atoms with van der Waals surface area (Å²) in [5.41, 5.74) is 0.562. The van der Waals surface area contributed by atoms with Gasteiger partial charge in [0.05, 0.1) is 0 Å². The summed E-state index contributed by atoms with van der Waals surface area (Å²) in [6.45, 7) is 2.90. The number of carbonyl (C=O) groups excluding carboxylic acids is 1. The highest BCUT2D eigenvalue weighted by Crippen LogP contribution is 2.11. The highest BCUT2D eigenvalue weighted by molar-refractivity contribution is 5.74. The number of halogens is 1. The second-order valence-electron chi connectivity index (χ2n) is 2.49. The average molecular weight is 180 g/mol. The molecule has 0 fully saturated rings. The van der Waals surface area contributed by atoms with Crippen molar-refractivity contribution in [2.75, 3.05) is 6.61 Å². The molecule has 1 aromatic rings. The first kappa shape index (κ1) is 9.45. The molecule has 0 radical (unpaired) electrons. The first-order valence-corrected chi connectivity index (χ1v) is 3.73. The third kappa shape index (κ3) is 3.07. The highest BCUT2D eigenvalue weighted by atomic mass is 19.1. The van der Waals surface area contributed by atoms with Gasteiger partial charge in [-0.25, -0.2) is 4.39 Å². The molecule has 0 spiro atoms. The van der Waals surface area contributed by atoms with E-state index >= 15 is 0 Å². The lowest BCUT2D eigenvalue weighted by molar-refractivity contribution is 0.112. The van der Waals surface area contributed by atoms with E-state index in [0.29, 0.717) is 11.3 Å². The van der Waals surface area contributed by atoms with Crippen LogP contribution < -0.4 is 4.74 Å². The Morgan fingerprint density at radius 1 is 1.46 bits per heavy atom. The van der Waals surface area contributed by atoms with Gasteiger partial charge in [-0.05, 0) is 24.3 Å². The van der Waals surface area contributed by atoms with E-state index in [2.05, 4.69) is 6.58 Å². The van der Waals surface area contributed by atoms with Gasteiger partial charge in [0.1, 0.15) is 24.5 Å². The van der Waals surface area contributed by atoms with Crippen molar-refractivity contribution < 1.29 is 13.9 Å². The van der Waals surface area contributed by atoms with E-state index in [1.165, 1.54) is 0 Å². The Labute approximate surface area is 75.6 Å². The van der Waals surface area contributed by atoms with Crippen LogP contribution in [0.1, 0.15) is 10.4 Å². The Bertz CT molecular complexity index is 303. The Morgan fingerprint density at radius 3 is 2.54 bits per heavy atom. The molecule has 13 heavy (non-hydrogen) atoms. The largest absolute Gasteiger partial charge is 0.487 e. The van der Waals surface area contributed by atoms with Crippen molar-refractivity contribution in [3.8, 4) is 5.75 Å². The van der Waals surface area contributed by atoms with Crippen molar-refractivity contribution in [2.45, 2.75) is 0 Å². The van der Waals surface area contributed by atoms with Crippen LogP contribution in [0.25, 0.3) is 0 Å². The molecule has 0 aliphatic carbocycles. The Hall–Kier alpha value is -1.64. The molecule has 0 aromatic heterocycles. The topological polar surface area (TPSA) is 26.3 Å². The maximum atomic E-state index is 12.2. The minimum atomic E-state index is -0.528. The van der Waals surface area contributed by atoms with Crippen LogP contribution >= 0.6 is 0 Å². The van der Waals surface area contributed by atoms with Crippen LogP contribution in [0, 0.1) is 0 Å². The van der Waals surface area contributed by atoms with E-state index in [1.54, 1.807) is 24.3 Å². The number of ether oxygens (including phenoxy) is 1. The highest BCUT2D eigenvalue weighted by Gasteiger charge is 1.95. The van der Waals surface area contributed by atoms with Gasteiger partial charge >= 0.3 is 0 Å². The van der Waals surface area contributed by atoms with Crippen LogP contribution in [0.2, 0.25) is 0 Å². The fourth-order valence-electron chi connectivity index (χ4n) is 0.804. The maximum Gasteiger partial charge on any atom is 0.150 e. The van der Waals surface area contributed by atoms with Gasteiger partial charge in [0.25, 0.3) is 0 Å². The normalized spacial score (nSPS) is 9.31. The van der Waals surface area contributed by atoms with Crippen LogP contribution in [0.4, 0.5) is 4.39 Å². The number of rotatable bonds is 4. The SMILES string of the molecule is C=C(F)COc1ccc(C=O)cc1. The Morgan fingerprint density at radius 2 is 2.08 bits per heavy atom. The lowest BCUT2D eigenvalue weighted by Gasteiger charge is -2.03. The van der Waals surface area contributed by atoms with E-state index in [4.69, 9.17) is 4.74 Å². The van der Waals surface area contributed by atoms with Crippen molar-refractivity contribution in [3.05, 3.63) is 42.2 Å². The minimum absolute atomic E-state index is 0.152. The summed E-state index contributed by atoms with van der Waals surface area (Å²) in [5.74, 6) is -0.0103. The monoisotopic (exact) mass is 180 g/mol. The van der Waals surface area contributed by atoms with E-state index in [1.807, 2.05) is 0 Å². The second kappa shape index (κ2) is 4.40. The van der Waals surface area contributed by atoms with Gasteiger partial charge < -0.3 is 4.74 Å². The van der Waals surface area contributed by atoms with E-state index < -0.39 is 5.83 Å². The molecule has 2 nitrogen and oxygen atoms in total. The van der Waals surface area contributed by atoms with Gasteiger partial charge in [-0.3, -0.25) is 4.79 Å². The van der Waals surface area contributed by atoms with Crippen LogP contribution in [0.3, 0.4) is 0 Å². The number of carbonyl (C=O) groups is 1. The van der Waals surface area contributed by atoms with Crippen LogP contribution in [-0.4, -0.2) is 12.9 Å². The molecule has 0 saturated heterocycles. The van der Waals surface area contributed by atoms with Crippen LogP contribution in [-0.2, 0) is 0 Å². The lowest BCUT2D eigenvalue weighted by atomic mass is 10.2. The fraction of sp³-hybridized carbons (Fsp3) is 0.100. The summed E-state index contributed by atoms with van der Waals surface area (Å²) >= 11 is 0. The van der Waals surface area contributed by atoms with Gasteiger partial charge in [0.2, 0.25) is 0 Å². The van der Waals surface area contributed by atoms with Gasteiger partial charge in [0.15, 0.2) is 0 Å². The summed E-state index contributed by atoms with van der Waals surface area (Å²) in [7, 11) is 0. The van der Waals surface area contributed by atoms with Crippen molar-refractivity contribution >= 4 is 6.29 Å². The predicted octanol–water partition coefficient (Wildman–Crippen LogP) is 2.36. The first-order valence-electron chi connectivity index (χ1n) is 3.73. The minimum Gasteiger partial charge on any atom is -0.487 e. The quantitative estimate of drug-likeness (QED) is 0.665. The van der Waals surface area contributed by atoms with E-state index in [0.717, 1.165) is 6.29 Å². The zero-order valence-electron chi connectivity index (χ0n) is 7.00. The average Bonchev–Trinajstić information content (AvgIpc) is 2.15. The number of benzene rings is 1. The molecule has 0 N–H and O–H groups in total. The summed E-state index contributed by atoms with van der Waals surface area (Å²) in [5, 5.41) is 0. The summed E-state index contributed by atoms with van der Waals surface area (Å²) in [6.07, 6.45) is 0.734. The molecular weight excluding hydrogens is 171 g/mol. The summed E-state index contributed by atoms with van der Waals surface area (Å²) in [4.78, 5) is 10.3. The van der Waals surface area contributed by atoms with E-state index in [9.17, 15) is 9.18 Å². The molecule has 0 unspecified atom stereocenters. The summed E-state index contributed by atoms with van der Waals surface area (Å²) in [6, 6.07) is 6.41. The van der Waals surface area contributed by atoms with Crippen LogP contribution in [0.5, 0.6) is 5.75 Å². The molecule has 0 saturated carbocycles. The number of hydrogen-bond donors (Lipinski definition) is 0. The lowest BCUT2D eigenvalue weighted by Crippen LogP contribution is -1.96. The Balaban J connectivity index is 2.59. The molecule has 1 rings (SSSR count). The standard InChI is InChI=1S/C10H9FO2/c1-8(11)7-13-10-4-2-9(6-12)3-5-10/h2-6H,1,7H2. The molecule has 0 bridgehead atoms. The molecule has 0 heterocycles. The molecule has 0 amide bonds. The van der Waals surface area contributed by atoms with Crippen molar-refractivity contribution in [1.82, 2.24) is 0 Å². The smallest absolute Gasteiger partial charge is 0.150 e. The van der Waals surface area contributed by atoms with Crippen LogP contribution in [0.15, 0.2) is 36.7 Å². The molecule has 0 aliphatic heterocycles. The molecule has 0 atom stereocenters. The third-order valence-electron chi connectivity index (χ3n) is 1.41.